The summed E-state index contributed by atoms with van der Waals surface area (Å²) in [6, 6.07) is 0. The maximum Gasteiger partial charge on any atom is 0.306 e. The maximum absolute atomic E-state index is 11.2. The smallest absolute Gasteiger partial charge is 0.306 e. The quantitative estimate of drug-likeness (QED) is 0.541. The third-order valence-corrected chi connectivity index (χ3v) is 4.17. The molecule has 16 heavy (non-hydrogen) atoms. The molecule has 1 rings (SSSR count). The minimum absolute atomic E-state index is 0.0744. The summed E-state index contributed by atoms with van der Waals surface area (Å²) in [6.45, 7) is 0. The predicted molar refractivity (Wildman–Crippen MR) is 64.3 cm³/mol. The standard InChI is InChI=1S/C11H19NO3S/c1-12-9(13)3-6-16-8-11(4-5-11)7-10(14)15-2/h3-8H2,1-2H3,(H,12,13). The maximum atomic E-state index is 11.2. The van der Waals surface area contributed by atoms with E-state index in [2.05, 4.69) is 10.1 Å². The van der Waals surface area contributed by atoms with Gasteiger partial charge in [-0.05, 0) is 24.0 Å². The number of methoxy groups -OCH3 is 1. The van der Waals surface area contributed by atoms with Crippen LogP contribution < -0.4 is 5.32 Å². The van der Waals surface area contributed by atoms with Gasteiger partial charge in [-0.1, -0.05) is 0 Å². The van der Waals surface area contributed by atoms with E-state index in [1.54, 1.807) is 18.8 Å². The molecule has 0 atom stereocenters. The van der Waals surface area contributed by atoms with Gasteiger partial charge < -0.3 is 10.1 Å². The number of carbonyl (C=O) groups is 2. The summed E-state index contributed by atoms with van der Waals surface area (Å²) in [7, 11) is 3.07. The average Bonchev–Trinajstić information content (AvgIpc) is 3.04. The average molecular weight is 245 g/mol. The van der Waals surface area contributed by atoms with Gasteiger partial charge >= 0.3 is 5.97 Å². The molecule has 0 unspecified atom stereocenters. The van der Waals surface area contributed by atoms with Gasteiger partial charge in [0.05, 0.1) is 13.5 Å². The van der Waals surface area contributed by atoms with E-state index >= 15 is 0 Å². The Balaban J connectivity index is 2.12. The van der Waals surface area contributed by atoms with Crippen LogP contribution in [0.4, 0.5) is 0 Å². The van der Waals surface area contributed by atoms with Crippen LogP contribution >= 0.6 is 11.8 Å². The molecule has 1 amide bonds. The Kier molecular flexibility index (Phi) is 5.12. The lowest BCUT2D eigenvalue weighted by Gasteiger charge is -2.12. The summed E-state index contributed by atoms with van der Waals surface area (Å²) in [5.74, 6) is 1.73. The van der Waals surface area contributed by atoms with Gasteiger partial charge in [0.25, 0.3) is 0 Å². The van der Waals surface area contributed by atoms with E-state index in [9.17, 15) is 9.59 Å². The minimum atomic E-state index is -0.121. The summed E-state index contributed by atoms with van der Waals surface area (Å²) in [4.78, 5) is 22.1. The second-order valence-corrected chi connectivity index (χ2v) is 5.33. The topological polar surface area (TPSA) is 55.4 Å². The van der Waals surface area contributed by atoms with Crippen LogP contribution in [0.25, 0.3) is 0 Å². The van der Waals surface area contributed by atoms with E-state index < -0.39 is 0 Å². The number of hydrogen-bond donors (Lipinski definition) is 1. The molecular formula is C11H19NO3S. The predicted octanol–water partition coefficient (Wildman–Crippen LogP) is 1.20. The first-order chi connectivity index (χ1) is 7.62. The lowest BCUT2D eigenvalue weighted by atomic mass is 10.1. The molecule has 92 valence electrons. The molecule has 0 aliphatic heterocycles. The minimum Gasteiger partial charge on any atom is -0.469 e. The number of hydrogen-bond acceptors (Lipinski definition) is 4. The Morgan fingerprint density at radius 2 is 2.12 bits per heavy atom. The third-order valence-electron chi connectivity index (χ3n) is 2.86. The van der Waals surface area contributed by atoms with Gasteiger partial charge in [-0.3, -0.25) is 9.59 Å². The molecule has 0 bridgehead atoms. The zero-order valence-electron chi connectivity index (χ0n) is 9.88. The number of thioether (sulfide) groups is 1. The van der Waals surface area contributed by atoms with Crippen molar-refractivity contribution < 1.29 is 14.3 Å². The Labute approximate surface area is 100 Å². The van der Waals surface area contributed by atoms with Gasteiger partial charge in [0.1, 0.15) is 0 Å². The summed E-state index contributed by atoms with van der Waals surface area (Å²) in [6.07, 6.45) is 3.29. The van der Waals surface area contributed by atoms with Gasteiger partial charge in [0.2, 0.25) is 5.91 Å². The van der Waals surface area contributed by atoms with E-state index in [0.29, 0.717) is 12.8 Å². The van der Waals surface area contributed by atoms with Crippen molar-refractivity contribution in [2.75, 3.05) is 25.7 Å². The van der Waals surface area contributed by atoms with E-state index in [4.69, 9.17) is 0 Å². The summed E-state index contributed by atoms with van der Waals surface area (Å²) in [5, 5.41) is 2.59. The highest BCUT2D eigenvalue weighted by Crippen LogP contribution is 2.51. The number of amides is 1. The number of carbonyl (C=O) groups excluding carboxylic acids is 2. The Hall–Kier alpha value is -0.710. The molecule has 1 N–H and O–H groups in total. The summed E-state index contributed by atoms with van der Waals surface area (Å²) >= 11 is 1.75. The third kappa shape index (κ3) is 4.43. The van der Waals surface area contributed by atoms with Crippen molar-refractivity contribution in [3.8, 4) is 0 Å². The van der Waals surface area contributed by atoms with Crippen LogP contribution in [-0.2, 0) is 14.3 Å². The molecule has 0 aromatic rings. The van der Waals surface area contributed by atoms with Crippen molar-refractivity contribution in [2.45, 2.75) is 25.7 Å². The normalized spacial score (nSPS) is 16.6. The number of ether oxygens (including phenoxy) is 1. The second kappa shape index (κ2) is 6.13. The number of esters is 1. The molecule has 5 heteroatoms. The van der Waals surface area contributed by atoms with Gasteiger partial charge in [0, 0.05) is 19.2 Å². The first-order valence-electron chi connectivity index (χ1n) is 5.47. The van der Waals surface area contributed by atoms with Crippen LogP contribution in [0.15, 0.2) is 0 Å². The summed E-state index contributed by atoms with van der Waals surface area (Å²) < 4.78 is 4.68. The molecule has 1 aliphatic rings. The molecule has 4 nitrogen and oxygen atoms in total. The van der Waals surface area contributed by atoms with Crippen molar-refractivity contribution >= 4 is 23.6 Å². The fourth-order valence-electron chi connectivity index (χ4n) is 1.51. The van der Waals surface area contributed by atoms with Gasteiger partial charge in [-0.25, -0.2) is 0 Å². The van der Waals surface area contributed by atoms with Gasteiger partial charge in [-0.2, -0.15) is 11.8 Å². The first kappa shape index (κ1) is 13.4. The van der Waals surface area contributed by atoms with Crippen LogP contribution in [0.5, 0.6) is 0 Å². The molecule has 1 saturated carbocycles. The molecule has 0 spiro atoms. The zero-order chi connectivity index (χ0) is 12.0. The number of nitrogens with one attached hydrogen (secondary N) is 1. The molecule has 0 saturated heterocycles. The molecule has 0 heterocycles. The Morgan fingerprint density at radius 3 is 2.62 bits per heavy atom. The molecule has 0 radical (unpaired) electrons. The monoisotopic (exact) mass is 245 g/mol. The second-order valence-electron chi connectivity index (χ2n) is 4.23. The summed E-state index contributed by atoms with van der Waals surface area (Å²) in [5.41, 5.74) is 0.167. The fraction of sp³-hybridized carbons (Fsp3) is 0.818. The van der Waals surface area contributed by atoms with Crippen molar-refractivity contribution in [3.05, 3.63) is 0 Å². The van der Waals surface area contributed by atoms with E-state index in [1.807, 2.05) is 0 Å². The molecule has 0 aromatic heterocycles. The van der Waals surface area contributed by atoms with E-state index in [-0.39, 0.29) is 17.3 Å². The Bertz CT molecular complexity index is 264. The molecular weight excluding hydrogens is 226 g/mol. The van der Waals surface area contributed by atoms with Gasteiger partial charge in [0.15, 0.2) is 0 Å². The van der Waals surface area contributed by atoms with Crippen LogP contribution in [0.1, 0.15) is 25.7 Å². The zero-order valence-corrected chi connectivity index (χ0v) is 10.7. The Morgan fingerprint density at radius 1 is 1.44 bits per heavy atom. The van der Waals surface area contributed by atoms with E-state index in [0.717, 1.165) is 24.3 Å². The van der Waals surface area contributed by atoms with Gasteiger partial charge in [-0.15, -0.1) is 0 Å². The van der Waals surface area contributed by atoms with Crippen LogP contribution in [0.2, 0.25) is 0 Å². The van der Waals surface area contributed by atoms with Crippen LogP contribution in [0, 0.1) is 5.41 Å². The highest BCUT2D eigenvalue weighted by molar-refractivity contribution is 7.99. The largest absolute Gasteiger partial charge is 0.469 e. The number of rotatable bonds is 7. The first-order valence-corrected chi connectivity index (χ1v) is 6.62. The molecule has 0 aromatic carbocycles. The van der Waals surface area contributed by atoms with Crippen LogP contribution in [-0.4, -0.2) is 37.5 Å². The highest BCUT2D eigenvalue weighted by Gasteiger charge is 2.44. The molecule has 1 aliphatic carbocycles. The van der Waals surface area contributed by atoms with Crippen molar-refractivity contribution in [1.29, 1.82) is 0 Å². The van der Waals surface area contributed by atoms with Crippen molar-refractivity contribution in [2.24, 2.45) is 5.41 Å². The van der Waals surface area contributed by atoms with Crippen molar-refractivity contribution in [3.63, 3.8) is 0 Å². The van der Waals surface area contributed by atoms with E-state index in [1.165, 1.54) is 7.11 Å². The highest BCUT2D eigenvalue weighted by atomic mass is 32.2. The SMILES string of the molecule is CNC(=O)CCSCC1(CC(=O)OC)CC1. The molecule has 1 fully saturated rings. The van der Waals surface area contributed by atoms with Crippen LogP contribution in [0.3, 0.4) is 0 Å². The fourth-order valence-corrected chi connectivity index (χ4v) is 2.80. The lowest BCUT2D eigenvalue weighted by molar-refractivity contribution is -0.141. The van der Waals surface area contributed by atoms with Crippen molar-refractivity contribution in [1.82, 2.24) is 5.32 Å². The lowest BCUT2D eigenvalue weighted by Crippen LogP contribution is -2.18.